The molecule has 0 unspecified atom stereocenters. The van der Waals surface area contributed by atoms with E-state index in [1.807, 2.05) is 0 Å². The number of fused-ring (bicyclic) bond motifs is 1. The summed E-state index contributed by atoms with van der Waals surface area (Å²) in [5, 5.41) is 35.9. The number of rotatable bonds is 4. The van der Waals surface area contributed by atoms with Crippen LogP contribution in [0.5, 0.6) is 0 Å². The van der Waals surface area contributed by atoms with Crippen LogP contribution in [0.15, 0.2) is 29.4 Å². The van der Waals surface area contributed by atoms with E-state index in [0.29, 0.717) is 11.3 Å². The van der Waals surface area contributed by atoms with Crippen LogP contribution in [0, 0.1) is 0 Å². The lowest BCUT2D eigenvalue weighted by Gasteiger charge is -2.40. The van der Waals surface area contributed by atoms with Gasteiger partial charge in [-0.2, -0.15) is 0 Å². The Labute approximate surface area is 155 Å². The summed E-state index contributed by atoms with van der Waals surface area (Å²) in [5.41, 5.74) is 1.27. The number of likely N-dealkylation sites (N-methyl/N-ethyl adjacent to an activating group) is 1. The number of carbonyl (C=O) groups excluding carboxylic acids is 2. The van der Waals surface area contributed by atoms with Crippen LogP contribution in [-0.2, 0) is 19.2 Å². The van der Waals surface area contributed by atoms with E-state index in [4.69, 9.17) is 9.57 Å². The van der Waals surface area contributed by atoms with Crippen LogP contribution in [-0.4, -0.2) is 77.1 Å². The quantitative estimate of drug-likeness (QED) is 0.458. The zero-order valence-electron chi connectivity index (χ0n) is 14.8. The summed E-state index contributed by atoms with van der Waals surface area (Å²) in [6.07, 6.45) is -5.34. The van der Waals surface area contributed by atoms with Gasteiger partial charge < -0.3 is 35.1 Å². The summed E-state index contributed by atoms with van der Waals surface area (Å²) in [7, 11) is 1.60. The molecule has 4 N–H and O–H groups in total. The number of benzene rings is 1. The van der Waals surface area contributed by atoms with Gasteiger partial charge in [-0.15, -0.1) is 0 Å². The number of hydrogen-bond donors (Lipinski definition) is 4. The molecule has 5 atom stereocenters. The van der Waals surface area contributed by atoms with Crippen molar-refractivity contribution in [2.24, 2.45) is 5.16 Å². The lowest BCUT2D eigenvalue weighted by Crippen LogP contribution is -2.64. The van der Waals surface area contributed by atoms with Gasteiger partial charge in [0.25, 0.3) is 5.91 Å². The number of aliphatic hydroxyl groups excluding tert-OH is 3. The SMILES string of the molecule is CC(=O)N[C@@H]1[C@H](O/N=C2\C(=O)N(C)c3ccccc32)O[C@H](CO)[C@@H](O)[C@@H]1O. The monoisotopic (exact) mass is 379 g/mol. The first-order valence-corrected chi connectivity index (χ1v) is 8.36. The van der Waals surface area contributed by atoms with Crippen molar-refractivity contribution < 1.29 is 34.5 Å². The fraction of sp³-hybridized carbons (Fsp3) is 0.471. The van der Waals surface area contributed by atoms with Gasteiger partial charge in [0, 0.05) is 19.5 Å². The van der Waals surface area contributed by atoms with Gasteiger partial charge in [0.2, 0.25) is 12.2 Å². The molecule has 1 aromatic rings. The molecule has 27 heavy (non-hydrogen) atoms. The number of oxime groups is 1. The molecule has 2 amide bonds. The Hall–Kier alpha value is -2.53. The third-order valence-corrected chi connectivity index (χ3v) is 4.53. The van der Waals surface area contributed by atoms with Gasteiger partial charge in [-0.25, -0.2) is 0 Å². The van der Waals surface area contributed by atoms with Gasteiger partial charge >= 0.3 is 0 Å². The highest BCUT2D eigenvalue weighted by molar-refractivity contribution is 6.54. The minimum absolute atomic E-state index is 0.0411. The minimum Gasteiger partial charge on any atom is -0.394 e. The lowest BCUT2D eigenvalue weighted by atomic mass is 9.97. The van der Waals surface area contributed by atoms with Crippen molar-refractivity contribution in [1.82, 2.24) is 5.32 Å². The maximum Gasteiger partial charge on any atom is 0.280 e. The molecule has 0 spiro atoms. The predicted octanol–water partition coefficient (Wildman–Crippen LogP) is -1.67. The van der Waals surface area contributed by atoms with Crippen LogP contribution in [0.1, 0.15) is 12.5 Å². The Kier molecular flexibility index (Phi) is 5.42. The van der Waals surface area contributed by atoms with Gasteiger partial charge in [-0.05, 0) is 6.07 Å². The van der Waals surface area contributed by atoms with Crippen molar-refractivity contribution in [2.45, 2.75) is 37.6 Å². The second kappa shape index (κ2) is 7.61. The first kappa shape index (κ1) is 19.2. The van der Waals surface area contributed by atoms with Gasteiger partial charge in [0.15, 0.2) is 5.71 Å². The molecule has 0 saturated carbocycles. The Bertz CT molecular complexity index is 769. The molecule has 2 aliphatic heterocycles. The molecule has 10 heteroatoms. The maximum atomic E-state index is 12.4. The summed E-state index contributed by atoms with van der Waals surface area (Å²) < 4.78 is 5.41. The standard InChI is InChI=1S/C17H21N3O7/c1-8(22)18-13-15(24)14(23)11(7-21)26-17(13)27-19-12-9-5-3-4-6-10(9)20(2)16(12)25/h3-6,11,13-15,17,21,23-24H,7H2,1-2H3,(H,18,22)/b19-12-/t11-,13+,14-,15-,17+/m1/s1. The van der Waals surface area contributed by atoms with Crippen LogP contribution in [0.25, 0.3) is 0 Å². The average molecular weight is 379 g/mol. The van der Waals surface area contributed by atoms with Crippen LogP contribution < -0.4 is 10.2 Å². The minimum atomic E-state index is -1.46. The number of nitrogens with one attached hydrogen (secondary N) is 1. The number of nitrogens with zero attached hydrogens (tertiary/aromatic N) is 2. The summed E-state index contributed by atoms with van der Waals surface area (Å²) >= 11 is 0. The van der Waals surface area contributed by atoms with E-state index in [-0.39, 0.29) is 11.6 Å². The smallest absolute Gasteiger partial charge is 0.280 e. The van der Waals surface area contributed by atoms with Gasteiger partial charge in [0.1, 0.15) is 24.4 Å². The van der Waals surface area contributed by atoms with Crippen molar-refractivity contribution >= 4 is 23.2 Å². The topological polar surface area (TPSA) is 141 Å². The molecule has 2 heterocycles. The predicted molar refractivity (Wildman–Crippen MR) is 92.8 cm³/mol. The second-order valence-electron chi connectivity index (χ2n) is 6.36. The summed E-state index contributed by atoms with van der Waals surface area (Å²) in [6.45, 7) is 0.651. The lowest BCUT2D eigenvalue weighted by molar-refractivity contribution is -0.270. The van der Waals surface area contributed by atoms with Crippen molar-refractivity contribution in [1.29, 1.82) is 0 Å². The fourth-order valence-corrected chi connectivity index (χ4v) is 3.10. The van der Waals surface area contributed by atoms with Crippen LogP contribution in [0.2, 0.25) is 0 Å². The van der Waals surface area contributed by atoms with Crippen LogP contribution >= 0.6 is 0 Å². The van der Waals surface area contributed by atoms with E-state index in [1.54, 1.807) is 31.3 Å². The number of para-hydroxylation sites is 1. The Morgan fingerprint density at radius 2 is 2.04 bits per heavy atom. The Balaban J connectivity index is 1.87. The average Bonchev–Trinajstić information content (AvgIpc) is 2.89. The third-order valence-electron chi connectivity index (χ3n) is 4.53. The van der Waals surface area contributed by atoms with Crippen molar-refractivity contribution in [2.75, 3.05) is 18.6 Å². The molecule has 1 aromatic carbocycles. The normalized spacial score (nSPS) is 31.7. The van der Waals surface area contributed by atoms with Crippen LogP contribution in [0.4, 0.5) is 5.69 Å². The molecule has 146 valence electrons. The van der Waals surface area contributed by atoms with Crippen LogP contribution in [0.3, 0.4) is 0 Å². The van der Waals surface area contributed by atoms with E-state index in [0.717, 1.165) is 0 Å². The molecular formula is C17H21N3O7. The largest absolute Gasteiger partial charge is 0.394 e. The molecule has 0 bridgehead atoms. The summed E-state index contributed by atoms with van der Waals surface area (Å²) in [6, 6.07) is 5.86. The summed E-state index contributed by atoms with van der Waals surface area (Å²) in [4.78, 5) is 30.6. The van der Waals surface area contributed by atoms with Crippen molar-refractivity contribution in [3.63, 3.8) is 0 Å². The zero-order chi connectivity index (χ0) is 19.7. The Morgan fingerprint density at radius 3 is 2.70 bits per heavy atom. The van der Waals surface area contributed by atoms with Gasteiger partial charge in [-0.1, -0.05) is 23.4 Å². The molecular weight excluding hydrogens is 358 g/mol. The highest BCUT2D eigenvalue weighted by atomic mass is 16.8. The first-order chi connectivity index (χ1) is 12.8. The second-order valence-corrected chi connectivity index (χ2v) is 6.36. The molecule has 0 aromatic heterocycles. The zero-order valence-corrected chi connectivity index (χ0v) is 14.8. The third kappa shape index (κ3) is 3.52. The number of aliphatic hydroxyl groups is 3. The molecule has 3 rings (SSSR count). The maximum absolute atomic E-state index is 12.4. The molecule has 10 nitrogen and oxygen atoms in total. The summed E-state index contributed by atoms with van der Waals surface area (Å²) in [5.74, 6) is -0.872. The Morgan fingerprint density at radius 1 is 1.33 bits per heavy atom. The number of ether oxygens (including phenoxy) is 1. The number of amides is 2. The highest BCUT2D eigenvalue weighted by Crippen LogP contribution is 2.28. The van der Waals surface area contributed by atoms with E-state index in [9.17, 15) is 24.9 Å². The molecule has 1 saturated heterocycles. The highest BCUT2D eigenvalue weighted by Gasteiger charge is 2.46. The number of hydrogen-bond acceptors (Lipinski definition) is 8. The fourth-order valence-electron chi connectivity index (χ4n) is 3.10. The molecule has 1 fully saturated rings. The van der Waals surface area contributed by atoms with E-state index < -0.39 is 43.2 Å². The van der Waals surface area contributed by atoms with Gasteiger partial charge in [0.05, 0.1) is 12.3 Å². The number of carbonyl (C=O) groups is 2. The van der Waals surface area contributed by atoms with E-state index >= 15 is 0 Å². The first-order valence-electron chi connectivity index (χ1n) is 8.36. The van der Waals surface area contributed by atoms with Gasteiger partial charge in [-0.3, -0.25) is 9.59 Å². The van der Waals surface area contributed by atoms with E-state index in [1.165, 1.54) is 11.8 Å². The van der Waals surface area contributed by atoms with Crippen molar-refractivity contribution in [3.8, 4) is 0 Å². The molecule has 0 radical (unpaired) electrons. The van der Waals surface area contributed by atoms with E-state index in [2.05, 4.69) is 10.5 Å². The molecule has 0 aliphatic carbocycles. The van der Waals surface area contributed by atoms with Crippen molar-refractivity contribution in [3.05, 3.63) is 29.8 Å². The molecule has 2 aliphatic rings. The number of anilines is 1.